The lowest BCUT2D eigenvalue weighted by molar-refractivity contribution is 0.0711. The van der Waals surface area contributed by atoms with E-state index in [1.807, 2.05) is 42.5 Å². The second kappa shape index (κ2) is 7.40. The lowest BCUT2D eigenvalue weighted by Crippen LogP contribution is -2.27. The van der Waals surface area contributed by atoms with E-state index in [9.17, 15) is 4.79 Å². The summed E-state index contributed by atoms with van der Waals surface area (Å²) in [7, 11) is 1.58. The van der Waals surface area contributed by atoms with Crippen molar-refractivity contribution in [1.29, 1.82) is 0 Å². The fraction of sp³-hybridized carbons (Fsp3) is 0.143. The Morgan fingerprint density at radius 3 is 2.78 bits per heavy atom. The van der Waals surface area contributed by atoms with Crippen molar-refractivity contribution in [3.8, 4) is 5.75 Å². The number of ether oxygens (including phenoxy) is 1. The number of halogens is 1. The Labute approximate surface area is 165 Å². The van der Waals surface area contributed by atoms with Crippen LogP contribution in [0.25, 0.3) is 0 Å². The zero-order valence-corrected chi connectivity index (χ0v) is 16.2. The van der Waals surface area contributed by atoms with E-state index >= 15 is 0 Å². The van der Waals surface area contributed by atoms with Crippen molar-refractivity contribution in [2.75, 3.05) is 7.11 Å². The van der Waals surface area contributed by atoms with Gasteiger partial charge >= 0.3 is 0 Å². The Morgan fingerprint density at radius 1 is 1.19 bits per heavy atom. The number of carbonyl (C=O) groups is 1. The predicted octanol–water partition coefficient (Wildman–Crippen LogP) is 5.04. The maximum absolute atomic E-state index is 13.2. The highest BCUT2D eigenvalue weighted by Crippen LogP contribution is 2.35. The van der Waals surface area contributed by atoms with E-state index < -0.39 is 0 Å². The second-order valence-corrected chi connectivity index (χ2v) is 7.10. The van der Waals surface area contributed by atoms with Gasteiger partial charge < -0.3 is 9.15 Å². The van der Waals surface area contributed by atoms with Crippen molar-refractivity contribution in [2.45, 2.75) is 12.5 Å². The number of hydrazone groups is 1. The molecular formula is C21H17BrN2O3. The van der Waals surface area contributed by atoms with Gasteiger partial charge in [0.25, 0.3) is 5.91 Å². The van der Waals surface area contributed by atoms with E-state index in [4.69, 9.17) is 9.15 Å². The van der Waals surface area contributed by atoms with Gasteiger partial charge in [-0.05, 0) is 48.0 Å². The minimum atomic E-state index is -0.207. The van der Waals surface area contributed by atoms with Gasteiger partial charge in [0.05, 0.1) is 19.4 Å². The number of rotatable bonds is 4. The Kier molecular flexibility index (Phi) is 4.81. The van der Waals surface area contributed by atoms with Gasteiger partial charge in [-0.2, -0.15) is 5.10 Å². The number of hydrogen-bond acceptors (Lipinski definition) is 4. The average molecular weight is 425 g/mol. The first kappa shape index (κ1) is 17.5. The molecule has 3 aromatic rings. The van der Waals surface area contributed by atoms with Crippen LogP contribution in [0.4, 0.5) is 0 Å². The van der Waals surface area contributed by atoms with Crippen molar-refractivity contribution in [1.82, 2.24) is 5.01 Å². The van der Waals surface area contributed by atoms with Crippen molar-refractivity contribution < 1.29 is 13.9 Å². The quantitative estimate of drug-likeness (QED) is 0.589. The van der Waals surface area contributed by atoms with Gasteiger partial charge in [-0.25, -0.2) is 5.01 Å². The van der Waals surface area contributed by atoms with Crippen LogP contribution in [0, 0.1) is 0 Å². The molecule has 1 unspecified atom stereocenters. The van der Waals surface area contributed by atoms with E-state index in [0.717, 1.165) is 15.7 Å². The highest BCUT2D eigenvalue weighted by atomic mass is 79.9. The lowest BCUT2D eigenvalue weighted by Gasteiger charge is -2.22. The van der Waals surface area contributed by atoms with Gasteiger partial charge in [-0.1, -0.05) is 34.1 Å². The van der Waals surface area contributed by atoms with Crippen LogP contribution in [0.5, 0.6) is 5.75 Å². The number of benzene rings is 2. The fourth-order valence-corrected chi connectivity index (χ4v) is 3.57. The highest BCUT2D eigenvalue weighted by molar-refractivity contribution is 9.10. The molecule has 1 aliphatic heterocycles. The zero-order valence-electron chi connectivity index (χ0n) is 14.6. The molecule has 1 amide bonds. The van der Waals surface area contributed by atoms with Gasteiger partial charge in [0.15, 0.2) is 0 Å². The topological polar surface area (TPSA) is 55.0 Å². The van der Waals surface area contributed by atoms with Gasteiger partial charge in [-0.3, -0.25) is 4.79 Å². The molecule has 136 valence electrons. The van der Waals surface area contributed by atoms with Crippen LogP contribution in [0.2, 0.25) is 0 Å². The monoisotopic (exact) mass is 424 g/mol. The first-order valence-electron chi connectivity index (χ1n) is 8.50. The van der Waals surface area contributed by atoms with Crippen LogP contribution < -0.4 is 4.74 Å². The van der Waals surface area contributed by atoms with Crippen LogP contribution >= 0.6 is 15.9 Å². The maximum Gasteiger partial charge on any atom is 0.274 e. The fourth-order valence-electron chi connectivity index (χ4n) is 3.15. The van der Waals surface area contributed by atoms with Crippen molar-refractivity contribution in [2.24, 2.45) is 5.10 Å². The molecule has 0 spiro atoms. The molecule has 27 heavy (non-hydrogen) atoms. The third-order valence-corrected chi connectivity index (χ3v) is 4.97. The molecule has 0 bridgehead atoms. The Morgan fingerprint density at radius 2 is 2.04 bits per heavy atom. The maximum atomic E-state index is 13.2. The number of hydrogen-bond donors (Lipinski definition) is 0. The summed E-state index contributed by atoms with van der Waals surface area (Å²) in [5, 5.41) is 6.14. The third-order valence-electron chi connectivity index (χ3n) is 4.47. The molecule has 1 aliphatic rings. The number of nitrogens with zero attached hydrogens (tertiary/aromatic N) is 2. The second-order valence-electron chi connectivity index (χ2n) is 6.18. The van der Waals surface area contributed by atoms with Crippen LogP contribution in [-0.4, -0.2) is 23.7 Å². The Bertz CT molecular complexity index is 998. The van der Waals surface area contributed by atoms with Crippen LogP contribution in [-0.2, 0) is 0 Å². The molecule has 2 aromatic carbocycles. The first-order valence-corrected chi connectivity index (χ1v) is 9.29. The van der Waals surface area contributed by atoms with Gasteiger partial charge in [0, 0.05) is 16.5 Å². The van der Waals surface area contributed by atoms with E-state index in [2.05, 4.69) is 21.0 Å². The summed E-state index contributed by atoms with van der Waals surface area (Å²) >= 11 is 3.51. The summed E-state index contributed by atoms with van der Waals surface area (Å²) in [4.78, 5) is 13.2. The molecule has 1 atom stereocenters. The van der Waals surface area contributed by atoms with Crippen LogP contribution in [0.1, 0.15) is 34.1 Å². The van der Waals surface area contributed by atoms with E-state index in [1.165, 1.54) is 5.01 Å². The predicted molar refractivity (Wildman–Crippen MR) is 106 cm³/mol. The first-order chi connectivity index (χ1) is 13.2. The normalized spacial score (nSPS) is 16.3. The van der Waals surface area contributed by atoms with E-state index in [-0.39, 0.29) is 11.9 Å². The van der Waals surface area contributed by atoms with Gasteiger partial charge in [0.2, 0.25) is 0 Å². The summed E-state index contributed by atoms with van der Waals surface area (Å²) in [6.07, 6.45) is 2.19. The average Bonchev–Trinajstić information content (AvgIpc) is 3.37. The lowest BCUT2D eigenvalue weighted by atomic mass is 10.0. The molecule has 0 radical (unpaired) electrons. The number of amides is 1. The van der Waals surface area contributed by atoms with Crippen molar-refractivity contribution in [3.05, 3.63) is 88.3 Å². The SMILES string of the molecule is COc1cccc(C(=O)N2N=C(c3ccco3)CC2c2cccc(Br)c2)c1. The highest BCUT2D eigenvalue weighted by Gasteiger charge is 2.34. The van der Waals surface area contributed by atoms with Crippen LogP contribution in [0.3, 0.4) is 0 Å². The van der Waals surface area contributed by atoms with Crippen LogP contribution in [0.15, 0.2) is 80.9 Å². The third kappa shape index (κ3) is 3.53. The molecule has 4 rings (SSSR count). The minimum Gasteiger partial charge on any atom is -0.497 e. The van der Waals surface area contributed by atoms with Gasteiger partial charge in [0.1, 0.15) is 17.2 Å². The molecular weight excluding hydrogens is 408 g/mol. The molecule has 0 saturated heterocycles. The number of furan rings is 1. The molecule has 1 aromatic heterocycles. The zero-order chi connectivity index (χ0) is 18.8. The van der Waals surface area contributed by atoms with Crippen molar-refractivity contribution >= 4 is 27.5 Å². The van der Waals surface area contributed by atoms with Crippen molar-refractivity contribution in [3.63, 3.8) is 0 Å². The summed E-state index contributed by atoms with van der Waals surface area (Å²) in [5.74, 6) is 1.13. The smallest absolute Gasteiger partial charge is 0.274 e. The van der Waals surface area contributed by atoms with E-state index in [0.29, 0.717) is 23.5 Å². The molecule has 6 heteroatoms. The molecule has 2 heterocycles. The summed E-state index contributed by atoms with van der Waals surface area (Å²) in [6, 6.07) is 18.5. The molecule has 0 saturated carbocycles. The largest absolute Gasteiger partial charge is 0.497 e. The molecule has 5 nitrogen and oxygen atoms in total. The van der Waals surface area contributed by atoms with Gasteiger partial charge in [-0.15, -0.1) is 0 Å². The van der Waals surface area contributed by atoms with E-state index in [1.54, 1.807) is 31.6 Å². The number of methoxy groups -OCH3 is 1. The molecule has 0 N–H and O–H groups in total. The minimum absolute atomic E-state index is 0.180. The summed E-state index contributed by atoms with van der Waals surface area (Å²) in [5.41, 5.74) is 2.28. The molecule has 0 aliphatic carbocycles. The molecule has 0 fully saturated rings. The summed E-state index contributed by atoms with van der Waals surface area (Å²) < 4.78 is 11.7. The summed E-state index contributed by atoms with van der Waals surface area (Å²) in [6.45, 7) is 0. The number of carbonyl (C=O) groups excluding carboxylic acids is 1. The Balaban J connectivity index is 1.73. The Hall–Kier alpha value is -2.86. The standard InChI is InChI=1S/C21H17BrN2O3/c1-26-17-8-3-6-15(12-17)21(25)24-19(14-5-2-7-16(22)11-14)13-18(23-24)20-9-4-10-27-20/h2-12,19H,13H2,1H3.